The molecule has 0 heterocycles. The monoisotopic (exact) mass is 553 g/mol. The number of sulfonamides is 1. The first kappa shape index (κ1) is 29.8. The summed E-state index contributed by atoms with van der Waals surface area (Å²) in [5.74, 6) is -1.52. The molecular formula is C30H36FN3O4S. The Morgan fingerprint density at radius 1 is 0.949 bits per heavy atom. The molecule has 39 heavy (non-hydrogen) atoms. The van der Waals surface area contributed by atoms with Crippen molar-refractivity contribution in [3.05, 3.63) is 101 Å². The average Bonchev–Trinajstić information content (AvgIpc) is 2.90. The lowest BCUT2D eigenvalue weighted by Crippen LogP contribution is -2.53. The van der Waals surface area contributed by atoms with Gasteiger partial charge in [-0.1, -0.05) is 67.6 Å². The highest BCUT2D eigenvalue weighted by Crippen LogP contribution is 2.26. The molecule has 0 radical (unpaired) electrons. The first-order valence-electron chi connectivity index (χ1n) is 12.9. The van der Waals surface area contributed by atoms with Gasteiger partial charge in [0.15, 0.2) is 0 Å². The molecule has 0 aliphatic carbocycles. The molecule has 9 heteroatoms. The van der Waals surface area contributed by atoms with Crippen molar-refractivity contribution in [3.63, 3.8) is 0 Å². The molecule has 0 bridgehead atoms. The molecule has 3 aromatic carbocycles. The zero-order chi connectivity index (χ0) is 28.6. The molecule has 0 saturated carbocycles. The summed E-state index contributed by atoms with van der Waals surface area (Å²) in [5, 5.41) is 2.86. The summed E-state index contributed by atoms with van der Waals surface area (Å²) in [7, 11) is -3.87. The van der Waals surface area contributed by atoms with Gasteiger partial charge < -0.3 is 10.2 Å². The molecule has 0 aliphatic rings. The van der Waals surface area contributed by atoms with Crippen molar-refractivity contribution in [2.75, 3.05) is 23.7 Å². The van der Waals surface area contributed by atoms with Crippen LogP contribution < -0.4 is 9.62 Å². The zero-order valence-electron chi connectivity index (χ0n) is 22.9. The Bertz CT molecular complexity index is 1400. The van der Waals surface area contributed by atoms with Crippen molar-refractivity contribution < 1.29 is 22.4 Å². The van der Waals surface area contributed by atoms with E-state index in [1.807, 2.05) is 50.2 Å². The Morgan fingerprint density at radius 3 is 2.26 bits per heavy atom. The number of carbonyl (C=O) groups excluding carboxylic acids is 2. The standard InChI is InChI=1S/C30H36FN3O4S/c1-5-18-32-30(36)28(19-24-13-7-6-8-14-24)33(20-25-15-9-10-16-26(25)31)29(35)21-34(39(4,37)38)27-17-11-12-22(2)23(27)3/h6-17,28H,5,18-21H2,1-4H3,(H,32,36). The Hall–Kier alpha value is -3.72. The van der Waals surface area contributed by atoms with Crippen molar-refractivity contribution >= 4 is 27.5 Å². The van der Waals surface area contributed by atoms with E-state index in [9.17, 15) is 22.4 Å². The Labute approximate surface area is 230 Å². The summed E-state index contributed by atoms with van der Waals surface area (Å²) in [5.41, 5.74) is 3.02. The second kappa shape index (κ2) is 13.4. The number of halogens is 1. The van der Waals surface area contributed by atoms with Crippen LogP contribution in [0.3, 0.4) is 0 Å². The third kappa shape index (κ3) is 7.89. The fourth-order valence-corrected chi connectivity index (χ4v) is 5.23. The third-order valence-corrected chi connectivity index (χ3v) is 7.77. The van der Waals surface area contributed by atoms with Crippen molar-refractivity contribution in [3.8, 4) is 0 Å². The maximum atomic E-state index is 14.8. The first-order valence-corrected chi connectivity index (χ1v) is 14.8. The summed E-state index contributed by atoms with van der Waals surface area (Å²) < 4.78 is 41.7. The van der Waals surface area contributed by atoms with Gasteiger partial charge in [-0.2, -0.15) is 0 Å². The third-order valence-electron chi connectivity index (χ3n) is 6.64. The van der Waals surface area contributed by atoms with Crippen LogP contribution >= 0.6 is 0 Å². The van der Waals surface area contributed by atoms with Crippen molar-refractivity contribution in [1.29, 1.82) is 0 Å². The summed E-state index contributed by atoms with van der Waals surface area (Å²) in [6.07, 6.45) is 1.91. The minimum atomic E-state index is -3.87. The number of amides is 2. The summed E-state index contributed by atoms with van der Waals surface area (Å²) in [4.78, 5) is 28.8. The summed E-state index contributed by atoms with van der Waals surface area (Å²) in [6.45, 7) is 5.24. The van der Waals surface area contributed by atoms with Crippen molar-refractivity contribution in [2.24, 2.45) is 0 Å². The van der Waals surface area contributed by atoms with Crippen LogP contribution in [0.15, 0.2) is 72.8 Å². The highest BCUT2D eigenvalue weighted by atomic mass is 32.2. The molecule has 3 rings (SSSR count). The summed E-state index contributed by atoms with van der Waals surface area (Å²) in [6, 6.07) is 19.5. The summed E-state index contributed by atoms with van der Waals surface area (Å²) >= 11 is 0. The van der Waals surface area contributed by atoms with Gasteiger partial charge in [0.1, 0.15) is 18.4 Å². The normalized spacial score (nSPS) is 12.0. The van der Waals surface area contributed by atoms with E-state index in [0.717, 1.165) is 27.3 Å². The number of hydrogen-bond acceptors (Lipinski definition) is 4. The molecule has 0 saturated heterocycles. The maximum Gasteiger partial charge on any atom is 0.244 e. The van der Waals surface area contributed by atoms with Gasteiger partial charge in [-0.3, -0.25) is 13.9 Å². The van der Waals surface area contributed by atoms with Crippen LogP contribution in [-0.4, -0.2) is 50.5 Å². The van der Waals surface area contributed by atoms with Crippen LogP contribution in [0.5, 0.6) is 0 Å². The van der Waals surface area contributed by atoms with E-state index in [-0.39, 0.29) is 24.4 Å². The molecule has 0 aromatic heterocycles. The predicted octanol–water partition coefficient (Wildman–Crippen LogP) is 4.37. The SMILES string of the molecule is CCCNC(=O)C(Cc1ccccc1)N(Cc1ccccc1F)C(=O)CN(c1cccc(C)c1C)S(C)(=O)=O. The number of aryl methyl sites for hydroxylation is 1. The van der Waals surface area contributed by atoms with E-state index < -0.39 is 34.3 Å². The van der Waals surface area contributed by atoms with Crippen LogP contribution in [0.2, 0.25) is 0 Å². The van der Waals surface area contributed by atoms with Gasteiger partial charge in [0, 0.05) is 25.1 Å². The molecule has 3 aromatic rings. The van der Waals surface area contributed by atoms with Gasteiger partial charge in [-0.05, 0) is 49.1 Å². The molecule has 1 N–H and O–H groups in total. The predicted molar refractivity (Wildman–Crippen MR) is 152 cm³/mol. The number of benzene rings is 3. The molecule has 1 unspecified atom stereocenters. The van der Waals surface area contributed by atoms with E-state index in [1.54, 1.807) is 37.3 Å². The topological polar surface area (TPSA) is 86.8 Å². The quantitative estimate of drug-likeness (QED) is 0.361. The zero-order valence-corrected chi connectivity index (χ0v) is 23.7. The molecular weight excluding hydrogens is 517 g/mol. The molecule has 2 amide bonds. The average molecular weight is 554 g/mol. The Balaban J connectivity index is 2.08. The van der Waals surface area contributed by atoms with E-state index in [0.29, 0.717) is 18.7 Å². The van der Waals surface area contributed by atoms with Crippen molar-refractivity contribution in [2.45, 2.75) is 46.2 Å². The lowest BCUT2D eigenvalue weighted by molar-refractivity contribution is -0.140. The Kier molecular flexibility index (Phi) is 10.2. The van der Waals surface area contributed by atoms with Gasteiger partial charge in [0.25, 0.3) is 0 Å². The number of nitrogens with zero attached hydrogens (tertiary/aromatic N) is 2. The minimum Gasteiger partial charge on any atom is -0.354 e. The fraction of sp³-hybridized carbons (Fsp3) is 0.333. The van der Waals surface area contributed by atoms with Crippen LogP contribution in [0, 0.1) is 19.7 Å². The maximum absolute atomic E-state index is 14.8. The fourth-order valence-electron chi connectivity index (χ4n) is 4.33. The Morgan fingerprint density at radius 2 is 1.62 bits per heavy atom. The number of anilines is 1. The largest absolute Gasteiger partial charge is 0.354 e. The second-order valence-electron chi connectivity index (χ2n) is 9.60. The molecule has 208 valence electrons. The first-order chi connectivity index (χ1) is 18.5. The van der Waals surface area contributed by atoms with Gasteiger partial charge in [-0.25, -0.2) is 12.8 Å². The van der Waals surface area contributed by atoms with E-state index in [4.69, 9.17) is 0 Å². The lowest BCUT2D eigenvalue weighted by atomic mass is 10.0. The van der Waals surface area contributed by atoms with E-state index in [2.05, 4.69) is 5.32 Å². The van der Waals surface area contributed by atoms with Gasteiger partial charge in [-0.15, -0.1) is 0 Å². The highest BCUT2D eigenvalue weighted by Gasteiger charge is 2.33. The van der Waals surface area contributed by atoms with Gasteiger partial charge in [0.05, 0.1) is 11.9 Å². The lowest BCUT2D eigenvalue weighted by Gasteiger charge is -2.34. The number of hydrogen-bond donors (Lipinski definition) is 1. The van der Waals surface area contributed by atoms with Gasteiger partial charge in [0.2, 0.25) is 21.8 Å². The molecule has 0 spiro atoms. The molecule has 0 fully saturated rings. The minimum absolute atomic E-state index is 0.179. The molecule has 0 aliphatic heterocycles. The van der Waals surface area contributed by atoms with Crippen LogP contribution in [0.25, 0.3) is 0 Å². The van der Waals surface area contributed by atoms with E-state index >= 15 is 0 Å². The smallest absolute Gasteiger partial charge is 0.244 e. The number of nitrogens with one attached hydrogen (secondary N) is 1. The van der Waals surface area contributed by atoms with Gasteiger partial charge >= 0.3 is 0 Å². The van der Waals surface area contributed by atoms with Crippen molar-refractivity contribution in [1.82, 2.24) is 10.2 Å². The highest BCUT2D eigenvalue weighted by molar-refractivity contribution is 7.92. The van der Waals surface area contributed by atoms with Crippen LogP contribution in [0.1, 0.15) is 35.6 Å². The number of carbonyl (C=O) groups is 2. The van der Waals surface area contributed by atoms with Crippen LogP contribution in [0.4, 0.5) is 10.1 Å². The molecule has 1 atom stereocenters. The van der Waals surface area contributed by atoms with E-state index in [1.165, 1.54) is 11.0 Å². The second-order valence-corrected chi connectivity index (χ2v) is 11.5. The van der Waals surface area contributed by atoms with Crippen LogP contribution in [-0.2, 0) is 32.6 Å². The molecule has 7 nitrogen and oxygen atoms in total. The number of rotatable bonds is 12.